The van der Waals surface area contributed by atoms with Crippen molar-refractivity contribution >= 4 is 48.7 Å². The van der Waals surface area contributed by atoms with Gasteiger partial charge in [0.1, 0.15) is 53.7 Å². The lowest BCUT2D eigenvalue weighted by Crippen LogP contribution is -2.59. The fourth-order valence-corrected chi connectivity index (χ4v) is 7.83. The number of carbonyl (C=O) groups is 1. The van der Waals surface area contributed by atoms with Crippen LogP contribution in [0.25, 0.3) is 10.7 Å². The Morgan fingerprint density at radius 1 is 1.20 bits per heavy atom. The summed E-state index contributed by atoms with van der Waals surface area (Å²) in [4.78, 5) is 22.1. The highest BCUT2D eigenvalue weighted by Gasteiger charge is 2.52. The van der Waals surface area contributed by atoms with Crippen molar-refractivity contribution in [1.82, 2.24) is 25.0 Å². The van der Waals surface area contributed by atoms with E-state index in [0.29, 0.717) is 26.3 Å². The van der Waals surface area contributed by atoms with E-state index in [2.05, 4.69) is 51.4 Å². The van der Waals surface area contributed by atoms with Gasteiger partial charge >= 0.3 is 5.97 Å². The molecule has 46 heavy (non-hydrogen) atoms. The van der Waals surface area contributed by atoms with Crippen molar-refractivity contribution < 1.29 is 28.5 Å². The number of aromatic nitrogens is 5. The van der Waals surface area contributed by atoms with Crippen LogP contribution < -0.4 is 0 Å². The Hall–Kier alpha value is -3.13. The molecule has 2 aliphatic rings. The van der Waals surface area contributed by atoms with Gasteiger partial charge in [-0.15, -0.1) is 22.0 Å². The van der Waals surface area contributed by atoms with E-state index in [0.717, 1.165) is 5.56 Å². The van der Waals surface area contributed by atoms with Gasteiger partial charge in [-0.25, -0.2) is 19.4 Å². The van der Waals surface area contributed by atoms with Gasteiger partial charge in [0, 0.05) is 34.7 Å². The van der Waals surface area contributed by atoms with E-state index in [9.17, 15) is 4.79 Å². The van der Waals surface area contributed by atoms with Crippen LogP contribution in [0.4, 0.5) is 0 Å². The predicted octanol–water partition coefficient (Wildman–Crippen LogP) is 5.65. The molecule has 0 saturated carbocycles. The fraction of sp³-hybridized carbons (Fsp3) is 0.387. The third-order valence-corrected chi connectivity index (χ3v) is 10.5. The van der Waals surface area contributed by atoms with Crippen molar-refractivity contribution in [1.29, 1.82) is 0 Å². The summed E-state index contributed by atoms with van der Waals surface area (Å²) in [5.41, 5.74) is 5.02. The molecule has 1 aromatic carbocycles. The Morgan fingerprint density at radius 2 is 2.00 bits per heavy atom. The van der Waals surface area contributed by atoms with Crippen molar-refractivity contribution in [2.24, 2.45) is 0 Å². The van der Waals surface area contributed by atoms with Crippen molar-refractivity contribution in [3.63, 3.8) is 0 Å². The van der Waals surface area contributed by atoms with E-state index in [1.165, 1.54) is 30.2 Å². The summed E-state index contributed by atoms with van der Waals surface area (Å²) < 4.78 is 32.3. The maximum atomic E-state index is 12.8. The van der Waals surface area contributed by atoms with Gasteiger partial charge in [0.2, 0.25) is 0 Å². The van der Waals surface area contributed by atoms with Crippen LogP contribution in [-0.4, -0.2) is 83.6 Å². The standard InChI is InChI=1S/C31H32ClN5O6S2Si/c1-39-27-25(37-15-20(35-36-37)28-34-23(32)17-44-28)26-21(16-41-30(43-26)19-9-7-6-8-10-19)42-31(27)45-22-13-18(11-12-46(3,4)5)14-33-24(22)29(38)40-2/h6-10,13-15,17,21,25-27,30-31H,16H2,1-5H3/t21?,25-,26-,27?,30?,31+/m0/s1. The zero-order valence-corrected chi connectivity index (χ0v) is 29.1. The molecule has 15 heteroatoms. The summed E-state index contributed by atoms with van der Waals surface area (Å²) in [6, 6.07) is 11.1. The number of thioether (sulfide) groups is 1. The summed E-state index contributed by atoms with van der Waals surface area (Å²) in [6.45, 7) is 6.74. The molecule has 2 fully saturated rings. The lowest BCUT2D eigenvalue weighted by Gasteiger charge is -2.48. The number of halogens is 1. The van der Waals surface area contributed by atoms with E-state index in [-0.39, 0.29) is 12.3 Å². The predicted molar refractivity (Wildman–Crippen MR) is 176 cm³/mol. The highest BCUT2D eigenvalue weighted by molar-refractivity contribution is 8.00. The van der Waals surface area contributed by atoms with Crippen LogP contribution in [0.3, 0.4) is 0 Å². The van der Waals surface area contributed by atoms with Crippen LogP contribution in [0.15, 0.2) is 59.1 Å². The van der Waals surface area contributed by atoms with Gasteiger partial charge in [-0.2, -0.15) is 0 Å². The Balaban J connectivity index is 1.38. The molecular formula is C31H32ClN5O6S2Si. The Bertz CT molecular complexity index is 1760. The number of thiazole rings is 1. The second-order valence-electron chi connectivity index (χ2n) is 11.6. The van der Waals surface area contributed by atoms with Crippen molar-refractivity contribution in [2.75, 3.05) is 20.8 Å². The van der Waals surface area contributed by atoms with Crippen LogP contribution in [-0.2, 0) is 23.7 Å². The Morgan fingerprint density at radius 3 is 2.70 bits per heavy atom. The van der Waals surface area contributed by atoms with Crippen LogP contribution in [0, 0.1) is 11.5 Å². The molecule has 5 heterocycles. The maximum absolute atomic E-state index is 12.8. The molecule has 2 aliphatic heterocycles. The summed E-state index contributed by atoms with van der Waals surface area (Å²) >= 11 is 8.78. The monoisotopic (exact) mass is 697 g/mol. The molecule has 0 amide bonds. The zero-order valence-electron chi connectivity index (χ0n) is 25.7. The van der Waals surface area contributed by atoms with Crippen LogP contribution in [0.2, 0.25) is 24.8 Å². The minimum absolute atomic E-state index is 0.159. The summed E-state index contributed by atoms with van der Waals surface area (Å²) in [6.07, 6.45) is 1.14. The van der Waals surface area contributed by atoms with E-state index >= 15 is 0 Å². The quantitative estimate of drug-likeness (QED) is 0.135. The molecule has 240 valence electrons. The number of hydrogen-bond donors (Lipinski definition) is 0. The number of carbonyl (C=O) groups excluding carboxylic acids is 1. The van der Waals surface area contributed by atoms with Crippen molar-refractivity contribution in [3.05, 3.63) is 76.1 Å². The number of hydrogen-bond acceptors (Lipinski definition) is 12. The molecule has 11 nitrogen and oxygen atoms in total. The summed E-state index contributed by atoms with van der Waals surface area (Å²) in [7, 11) is 1.27. The topological polar surface area (TPSA) is 120 Å². The lowest BCUT2D eigenvalue weighted by atomic mass is 9.96. The largest absolute Gasteiger partial charge is 0.464 e. The number of rotatable bonds is 7. The number of esters is 1. The molecule has 0 spiro atoms. The number of pyridine rings is 1. The second-order valence-corrected chi connectivity index (χ2v) is 18.8. The number of benzene rings is 1. The third-order valence-electron chi connectivity index (χ3n) is 7.22. The molecule has 2 saturated heterocycles. The molecule has 0 N–H and O–H groups in total. The van der Waals surface area contributed by atoms with Gasteiger partial charge in [0.15, 0.2) is 12.0 Å². The average Bonchev–Trinajstić information content (AvgIpc) is 3.72. The normalized spacial score (nSPS) is 24.5. The Labute approximate surface area is 280 Å². The SMILES string of the molecule is COC(=O)c1ncc(C#C[Si](C)(C)C)cc1S[C@H]1OC2COC(c3ccccc3)O[C@@H]2[C@H](n2cc(-c3nc(Cl)cs3)nn2)C1OC. The third kappa shape index (κ3) is 7.22. The molecule has 4 aromatic rings. The fourth-order valence-electron chi connectivity index (χ4n) is 5.12. The minimum atomic E-state index is -1.66. The van der Waals surface area contributed by atoms with Crippen LogP contribution >= 0.6 is 34.7 Å². The van der Waals surface area contributed by atoms with Gasteiger partial charge in [-0.05, 0) is 6.07 Å². The van der Waals surface area contributed by atoms with Gasteiger partial charge in [0.05, 0.1) is 19.9 Å². The number of methoxy groups -OCH3 is 2. The molecule has 0 radical (unpaired) electrons. The number of nitrogens with zero attached hydrogens (tertiary/aromatic N) is 5. The van der Waals surface area contributed by atoms with Gasteiger partial charge in [-0.3, -0.25) is 0 Å². The molecule has 3 aromatic heterocycles. The van der Waals surface area contributed by atoms with Crippen LogP contribution in [0.5, 0.6) is 0 Å². The minimum Gasteiger partial charge on any atom is -0.464 e. The number of fused-ring (bicyclic) bond motifs is 1. The Kier molecular flexibility index (Phi) is 9.93. The van der Waals surface area contributed by atoms with E-state index in [1.807, 2.05) is 36.4 Å². The molecule has 0 aliphatic carbocycles. The van der Waals surface area contributed by atoms with E-state index in [4.69, 9.17) is 35.3 Å². The molecule has 6 atom stereocenters. The first-order chi connectivity index (χ1) is 22.1. The first-order valence-electron chi connectivity index (χ1n) is 14.4. The zero-order chi connectivity index (χ0) is 32.4. The smallest absolute Gasteiger partial charge is 0.357 e. The molecule has 6 rings (SSSR count). The summed E-state index contributed by atoms with van der Waals surface area (Å²) in [5, 5.41) is 11.7. The van der Waals surface area contributed by atoms with Gasteiger partial charge in [-0.1, -0.05) is 84.5 Å². The van der Waals surface area contributed by atoms with E-state index in [1.54, 1.807) is 29.6 Å². The highest BCUT2D eigenvalue weighted by atomic mass is 35.5. The van der Waals surface area contributed by atoms with E-state index < -0.39 is 50.1 Å². The van der Waals surface area contributed by atoms with Gasteiger partial charge in [0.25, 0.3) is 0 Å². The first-order valence-corrected chi connectivity index (χ1v) is 20.1. The molecule has 3 unspecified atom stereocenters. The van der Waals surface area contributed by atoms with Crippen molar-refractivity contribution in [2.45, 2.75) is 60.6 Å². The average molecular weight is 698 g/mol. The van der Waals surface area contributed by atoms with Crippen molar-refractivity contribution in [3.8, 4) is 22.2 Å². The number of ether oxygens (including phenoxy) is 5. The lowest BCUT2D eigenvalue weighted by molar-refractivity contribution is -0.308. The summed E-state index contributed by atoms with van der Waals surface area (Å²) in [5.74, 6) is 2.66. The van der Waals surface area contributed by atoms with Crippen LogP contribution in [0.1, 0.15) is 33.9 Å². The maximum Gasteiger partial charge on any atom is 0.357 e. The second kappa shape index (κ2) is 13.9. The molecular weight excluding hydrogens is 666 g/mol. The highest BCUT2D eigenvalue weighted by Crippen LogP contribution is 2.45. The first kappa shape index (κ1) is 32.8. The molecule has 0 bridgehead atoms. The van der Waals surface area contributed by atoms with Gasteiger partial charge < -0.3 is 23.7 Å².